The van der Waals surface area contributed by atoms with Crippen molar-refractivity contribution in [3.63, 3.8) is 0 Å². The van der Waals surface area contributed by atoms with Crippen molar-refractivity contribution in [1.82, 2.24) is 10.2 Å². The second-order valence-electron chi connectivity index (χ2n) is 11.0. The number of anilines is 1. The van der Waals surface area contributed by atoms with Crippen molar-refractivity contribution >= 4 is 27.5 Å². The zero-order chi connectivity index (χ0) is 31.0. The Balaban J connectivity index is 1.80. The van der Waals surface area contributed by atoms with Crippen LogP contribution in [0.3, 0.4) is 0 Å². The molecule has 0 aliphatic rings. The van der Waals surface area contributed by atoms with E-state index < -0.39 is 28.5 Å². The van der Waals surface area contributed by atoms with Gasteiger partial charge in [-0.25, -0.2) is 8.42 Å². The van der Waals surface area contributed by atoms with Crippen molar-refractivity contribution < 1.29 is 18.0 Å². The molecule has 4 rings (SSSR count). The third kappa shape index (κ3) is 8.11. The Morgan fingerprint density at radius 2 is 1.33 bits per heavy atom. The average molecular weight is 598 g/mol. The van der Waals surface area contributed by atoms with E-state index in [4.69, 9.17) is 0 Å². The first kappa shape index (κ1) is 31.5. The second kappa shape index (κ2) is 14.2. The largest absolute Gasteiger partial charge is 0.352 e. The predicted octanol–water partition coefficient (Wildman–Crippen LogP) is 5.66. The molecule has 1 atom stereocenters. The Hall–Kier alpha value is -4.43. The van der Waals surface area contributed by atoms with Gasteiger partial charge in [-0.15, -0.1) is 0 Å². The summed E-state index contributed by atoms with van der Waals surface area (Å²) in [6.07, 6.45) is 0.271. The number of hydrogen-bond acceptors (Lipinski definition) is 4. The number of nitrogens with zero attached hydrogens (tertiary/aromatic N) is 2. The summed E-state index contributed by atoms with van der Waals surface area (Å²) in [5.41, 5.74) is 3.91. The van der Waals surface area contributed by atoms with Crippen LogP contribution in [-0.2, 0) is 32.6 Å². The maximum atomic E-state index is 14.4. The molecule has 7 nitrogen and oxygen atoms in total. The van der Waals surface area contributed by atoms with Gasteiger partial charge in [-0.3, -0.25) is 13.9 Å². The highest BCUT2D eigenvalue weighted by atomic mass is 32.2. The topological polar surface area (TPSA) is 86.8 Å². The molecule has 43 heavy (non-hydrogen) atoms. The van der Waals surface area contributed by atoms with E-state index in [2.05, 4.69) is 5.32 Å². The van der Waals surface area contributed by atoms with E-state index in [9.17, 15) is 18.0 Å². The normalized spacial score (nSPS) is 12.0. The summed E-state index contributed by atoms with van der Waals surface area (Å²) in [5.74, 6) is -0.782. The first-order valence-electron chi connectivity index (χ1n) is 14.4. The van der Waals surface area contributed by atoms with Gasteiger partial charge in [0.25, 0.3) is 10.0 Å². The highest BCUT2D eigenvalue weighted by Gasteiger charge is 2.35. The van der Waals surface area contributed by atoms with E-state index in [0.29, 0.717) is 11.3 Å². The maximum Gasteiger partial charge on any atom is 0.264 e. The number of rotatable bonds is 12. The van der Waals surface area contributed by atoms with Crippen LogP contribution >= 0.6 is 0 Å². The summed E-state index contributed by atoms with van der Waals surface area (Å²) in [7, 11) is -4.12. The minimum Gasteiger partial charge on any atom is -0.352 e. The molecule has 0 bridgehead atoms. The number of carbonyl (C=O) groups is 2. The summed E-state index contributed by atoms with van der Waals surface area (Å²) in [4.78, 5) is 29.8. The van der Waals surface area contributed by atoms with Crippen LogP contribution in [0, 0.1) is 13.8 Å². The Labute approximate surface area is 255 Å². The molecule has 0 radical (unpaired) electrons. The van der Waals surface area contributed by atoms with Crippen molar-refractivity contribution in [3.8, 4) is 0 Å². The number of para-hydroxylation sites is 1. The van der Waals surface area contributed by atoms with Gasteiger partial charge < -0.3 is 10.2 Å². The molecule has 0 saturated carbocycles. The Morgan fingerprint density at radius 1 is 0.744 bits per heavy atom. The van der Waals surface area contributed by atoms with Crippen LogP contribution in [0.25, 0.3) is 0 Å². The fourth-order valence-corrected chi connectivity index (χ4v) is 6.40. The maximum absolute atomic E-state index is 14.4. The zero-order valence-electron chi connectivity index (χ0n) is 25.1. The van der Waals surface area contributed by atoms with Gasteiger partial charge >= 0.3 is 0 Å². The first-order chi connectivity index (χ1) is 20.6. The number of aryl methyl sites for hydroxylation is 2. The quantitative estimate of drug-likeness (QED) is 0.228. The minimum absolute atomic E-state index is 0.0783. The molecule has 0 saturated heterocycles. The summed E-state index contributed by atoms with van der Waals surface area (Å²) in [6.45, 7) is 7.19. The number of benzene rings is 4. The smallest absolute Gasteiger partial charge is 0.264 e. The van der Waals surface area contributed by atoms with E-state index >= 15 is 0 Å². The molecular formula is C35H39N3O4S. The van der Waals surface area contributed by atoms with Crippen molar-refractivity contribution in [2.45, 2.75) is 57.6 Å². The van der Waals surface area contributed by atoms with Crippen molar-refractivity contribution in [1.29, 1.82) is 0 Å². The Bertz CT molecular complexity index is 1620. The van der Waals surface area contributed by atoms with Gasteiger partial charge in [-0.2, -0.15) is 0 Å². The fourth-order valence-electron chi connectivity index (χ4n) is 4.90. The molecule has 0 aliphatic carbocycles. The number of hydrogen-bond donors (Lipinski definition) is 1. The summed E-state index contributed by atoms with van der Waals surface area (Å²) in [5, 5.41) is 2.98. The molecule has 0 aromatic heterocycles. The molecule has 4 aromatic rings. The van der Waals surface area contributed by atoms with E-state index in [1.807, 2.05) is 94.4 Å². The third-order valence-corrected chi connectivity index (χ3v) is 8.94. The molecule has 8 heteroatoms. The second-order valence-corrected chi connectivity index (χ2v) is 12.8. The van der Waals surface area contributed by atoms with E-state index in [0.717, 1.165) is 21.0 Å². The van der Waals surface area contributed by atoms with Crippen molar-refractivity contribution in [3.05, 3.63) is 131 Å². The molecule has 4 aromatic carbocycles. The minimum atomic E-state index is -4.12. The molecule has 0 heterocycles. The molecule has 2 amide bonds. The van der Waals surface area contributed by atoms with Gasteiger partial charge in [0.05, 0.1) is 10.6 Å². The number of amides is 2. The standard InChI is InChI=1S/C35H39N3O4S/c1-26(2)36-35(40)33(23-29-14-7-5-8-15-29)37(24-30-21-19-27(3)20-22-30)34(39)25-38(32-18-12-11-13-28(32)4)43(41,42)31-16-9-6-10-17-31/h5-22,26,33H,23-25H2,1-4H3,(H,36,40). The van der Waals surface area contributed by atoms with Gasteiger partial charge in [0.2, 0.25) is 11.8 Å². The van der Waals surface area contributed by atoms with Crippen LogP contribution in [-0.4, -0.2) is 43.8 Å². The summed E-state index contributed by atoms with van der Waals surface area (Å²) in [6, 6.07) is 31.4. The van der Waals surface area contributed by atoms with E-state index in [-0.39, 0.29) is 29.8 Å². The lowest BCUT2D eigenvalue weighted by Gasteiger charge is -2.34. The highest BCUT2D eigenvalue weighted by Crippen LogP contribution is 2.27. The van der Waals surface area contributed by atoms with Gasteiger partial charge in [0, 0.05) is 19.0 Å². The van der Waals surface area contributed by atoms with Gasteiger partial charge in [-0.05, 0) is 62.6 Å². The lowest BCUT2D eigenvalue weighted by molar-refractivity contribution is -0.140. The van der Waals surface area contributed by atoms with Gasteiger partial charge in [0.15, 0.2) is 0 Å². The molecule has 0 spiro atoms. The average Bonchev–Trinajstić information content (AvgIpc) is 2.99. The van der Waals surface area contributed by atoms with E-state index in [1.165, 1.54) is 17.0 Å². The summed E-state index contributed by atoms with van der Waals surface area (Å²) < 4.78 is 29.3. The zero-order valence-corrected chi connectivity index (χ0v) is 25.9. The SMILES string of the molecule is Cc1ccc(CN(C(=O)CN(c2ccccc2C)S(=O)(=O)c2ccccc2)C(Cc2ccccc2)C(=O)NC(C)C)cc1. The molecule has 0 aliphatic heterocycles. The van der Waals surface area contributed by atoms with Crippen LogP contribution in [0.2, 0.25) is 0 Å². The first-order valence-corrected chi connectivity index (χ1v) is 15.8. The van der Waals surface area contributed by atoms with Crippen molar-refractivity contribution in [2.24, 2.45) is 0 Å². The molecule has 224 valence electrons. The summed E-state index contributed by atoms with van der Waals surface area (Å²) >= 11 is 0. The van der Waals surface area contributed by atoms with Crippen LogP contribution < -0.4 is 9.62 Å². The number of sulfonamides is 1. The number of nitrogens with one attached hydrogen (secondary N) is 1. The van der Waals surface area contributed by atoms with Gasteiger partial charge in [-0.1, -0.05) is 96.6 Å². The van der Waals surface area contributed by atoms with Crippen LogP contribution in [0.1, 0.15) is 36.1 Å². The highest BCUT2D eigenvalue weighted by molar-refractivity contribution is 7.92. The monoisotopic (exact) mass is 597 g/mol. The number of carbonyl (C=O) groups excluding carboxylic acids is 2. The third-order valence-electron chi connectivity index (χ3n) is 7.17. The molecular weight excluding hydrogens is 558 g/mol. The van der Waals surface area contributed by atoms with Crippen molar-refractivity contribution in [2.75, 3.05) is 10.8 Å². The van der Waals surface area contributed by atoms with Crippen LogP contribution in [0.5, 0.6) is 0 Å². The molecule has 1 N–H and O–H groups in total. The molecule has 0 fully saturated rings. The Morgan fingerprint density at radius 3 is 1.93 bits per heavy atom. The predicted molar refractivity (Wildman–Crippen MR) is 171 cm³/mol. The van der Waals surface area contributed by atoms with Crippen LogP contribution in [0.4, 0.5) is 5.69 Å². The lowest BCUT2D eigenvalue weighted by atomic mass is 10.0. The van der Waals surface area contributed by atoms with E-state index in [1.54, 1.807) is 30.3 Å². The van der Waals surface area contributed by atoms with Gasteiger partial charge in [0.1, 0.15) is 12.6 Å². The lowest BCUT2D eigenvalue weighted by Crippen LogP contribution is -2.54. The molecule has 1 unspecified atom stereocenters. The fraction of sp³-hybridized carbons (Fsp3) is 0.257. The van der Waals surface area contributed by atoms with Crippen LogP contribution in [0.15, 0.2) is 114 Å². The Kier molecular flexibility index (Phi) is 10.4.